The van der Waals surface area contributed by atoms with E-state index >= 15 is 0 Å². The van der Waals surface area contributed by atoms with Gasteiger partial charge in [-0.2, -0.15) is 0 Å². The van der Waals surface area contributed by atoms with Crippen molar-refractivity contribution in [2.75, 3.05) is 26.5 Å². The van der Waals surface area contributed by atoms with Gasteiger partial charge < -0.3 is 14.4 Å². The summed E-state index contributed by atoms with van der Waals surface area (Å²) in [5.41, 5.74) is 2.07. The molecule has 1 heterocycles. The Morgan fingerprint density at radius 3 is 2.58 bits per heavy atom. The van der Waals surface area contributed by atoms with Gasteiger partial charge in [0.2, 0.25) is 5.91 Å². The summed E-state index contributed by atoms with van der Waals surface area (Å²) in [6.07, 6.45) is 0.784. The van der Waals surface area contributed by atoms with Gasteiger partial charge in [0.05, 0.1) is 20.1 Å². The predicted molar refractivity (Wildman–Crippen MR) is 106 cm³/mol. The van der Waals surface area contributed by atoms with E-state index in [4.69, 9.17) is 9.47 Å². The minimum absolute atomic E-state index is 0.0506. The molecule has 2 aromatic rings. The monoisotopic (exact) mass is 371 g/mol. The molecule has 1 aliphatic heterocycles. The van der Waals surface area contributed by atoms with E-state index < -0.39 is 0 Å². The van der Waals surface area contributed by atoms with Gasteiger partial charge >= 0.3 is 0 Å². The Morgan fingerprint density at radius 1 is 1.15 bits per heavy atom. The number of carbonyl (C=O) groups is 1. The maximum absolute atomic E-state index is 13.4. The van der Waals surface area contributed by atoms with E-state index in [0.717, 1.165) is 29.8 Å². The number of rotatable bonds is 6. The molecule has 0 spiro atoms. The number of nitrogens with zero attached hydrogens (tertiary/aromatic N) is 1. The number of amides is 1. The highest BCUT2D eigenvalue weighted by Crippen LogP contribution is 2.46. The van der Waals surface area contributed by atoms with Crippen LogP contribution in [0.4, 0.5) is 0 Å². The second-order valence-electron chi connectivity index (χ2n) is 6.21. The Balaban J connectivity index is 1.92. The van der Waals surface area contributed by atoms with Gasteiger partial charge in [0.15, 0.2) is 11.5 Å². The Labute approximate surface area is 159 Å². The zero-order valence-corrected chi connectivity index (χ0v) is 16.3. The Morgan fingerprint density at radius 2 is 1.92 bits per heavy atom. The van der Waals surface area contributed by atoms with E-state index in [1.807, 2.05) is 53.4 Å². The minimum Gasteiger partial charge on any atom is -0.493 e. The fourth-order valence-corrected chi connectivity index (χ4v) is 4.78. The molecule has 1 amide bonds. The molecule has 1 saturated heterocycles. The molecular formula is C21H25NO3S. The average molecular weight is 372 g/mol. The molecule has 0 unspecified atom stereocenters. The molecule has 2 atom stereocenters. The zero-order valence-electron chi connectivity index (χ0n) is 15.5. The summed E-state index contributed by atoms with van der Waals surface area (Å²) in [5.74, 6) is 2.38. The Bertz CT molecular complexity index is 750. The lowest BCUT2D eigenvalue weighted by molar-refractivity contribution is -0.133. The fraction of sp³-hybridized carbons (Fsp3) is 0.381. The third-order valence-electron chi connectivity index (χ3n) is 4.78. The van der Waals surface area contributed by atoms with Crippen LogP contribution in [-0.2, 0) is 4.79 Å². The quantitative estimate of drug-likeness (QED) is 0.751. The first kappa shape index (κ1) is 18.6. The van der Waals surface area contributed by atoms with Crippen molar-refractivity contribution in [2.24, 2.45) is 0 Å². The van der Waals surface area contributed by atoms with Crippen LogP contribution in [0.2, 0.25) is 0 Å². The molecule has 2 aromatic carbocycles. The summed E-state index contributed by atoms with van der Waals surface area (Å²) in [5, 5.41) is -0.0506. The molecule has 138 valence electrons. The van der Waals surface area contributed by atoms with Gasteiger partial charge in [0.1, 0.15) is 5.37 Å². The van der Waals surface area contributed by atoms with Crippen LogP contribution in [0.5, 0.6) is 11.5 Å². The molecule has 0 bridgehead atoms. The van der Waals surface area contributed by atoms with Crippen LogP contribution in [-0.4, -0.2) is 37.3 Å². The maximum Gasteiger partial charge on any atom is 0.231 e. The normalized spacial score (nSPS) is 17.8. The van der Waals surface area contributed by atoms with Gasteiger partial charge in [-0.05, 0) is 18.1 Å². The summed E-state index contributed by atoms with van der Waals surface area (Å²) in [7, 11) is 3.28. The fourth-order valence-electron chi connectivity index (χ4n) is 3.50. The molecule has 0 aromatic heterocycles. The van der Waals surface area contributed by atoms with E-state index in [9.17, 15) is 4.79 Å². The number of para-hydroxylation sites is 1. The van der Waals surface area contributed by atoms with E-state index in [-0.39, 0.29) is 17.2 Å². The average Bonchev–Trinajstić information content (AvgIpc) is 3.18. The van der Waals surface area contributed by atoms with Crippen molar-refractivity contribution in [1.29, 1.82) is 0 Å². The number of ether oxygens (including phenoxy) is 2. The lowest BCUT2D eigenvalue weighted by Crippen LogP contribution is -2.34. The van der Waals surface area contributed by atoms with Crippen molar-refractivity contribution in [1.82, 2.24) is 4.90 Å². The second-order valence-corrected chi connectivity index (χ2v) is 7.40. The molecule has 0 radical (unpaired) electrons. The predicted octanol–water partition coefficient (Wildman–Crippen LogP) is 4.47. The summed E-state index contributed by atoms with van der Waals surface area (Å²) in [6.45, 7) is 2.82. The molecule has 0 saturated carbocycles. The molecular weight excluding hydrogens is 346 g/mol. The first-order chi connectivity index (χ1) is 12.7. The van der Waals surface area contributed by atoms with Gasteiger partial charge in [0, 0.05) is 17.9 Å². The molecule has 1 fully saturated rings. The molecule has 3 rings (SSSR count). The number of carbonyl (C=O) groups excluding carboxylic acids is 1. The highest BCUT2D eigenvalue weighted by atomic mass is 32.2. The zero-order chi connectivity index (χ0) is 18.5. The molecule has 26 heavy (non-hydrogen) atoms. The van der Waals surface area contributed by atoms with E-state index in [1.165, 1.54) is 0 Å². The van der Waals surface area contributed by atoms with Crippen molar-refractivity contribution in [2.45, 2.75) is 24.6 Å². The van der Waals surface area contributed by atoms with Crippen LogP contribution < -0.4 is 9.47 Å². The van der Waals surface area contributed by atoms with Crippen molar-refractivity contribution in [3.8, 4) is 11.5 Å². The first-order valence-electron chi connectivity index (χ1n) is 8.89. The van der Waals surface area contributed by atoms with Crippen LogP contribution >= 0.6 is 11.8 Å². The number of hydrogen-bond acceptors (Lipinski definition) is 4. The maximum atomic E-state index is 13.4. The third-order valence-corrected chi connectivity index (χ3v) is 6.02. The van der Waals surface area contributed by atoms with Gasteiger partial charge in [-0.25, -0.2) is 0 Å². The highest BCUT2D eigenvalue weighted by molar-refractivity contribution is 7.99. The van der Waals surface area contributed by atoms with Gasteiger partial charge in [0.25, 0.3) is 0 Å². The summed E-state index contributed by atoms with van der Waals surface area (Å²) in [4.78, 5) is 15.3. The number of methoxy groups -OCH3 is 2. The lowest BCUT2D eigenvalue weighted by atomic mass is 9.94. The summed E-state index contributed by atoms with van der Waals surface area (Å²) in [6, 6.07) is 15.9. The second kappa shape index (κ2) is 8.49. The molecule has 1 aliphatic rings. The van der Waals surface area contributed by atoms with Crippen molar-refractivity contribution >= 4 is 17.7 Å². The summed E-state index contributed by atoms with van der Waals surface area (Å²) >= 11 is 1.77. The highest BCUT2D eigenvalue weighted by Gasteiger charge is 2.36. The third kappa shape index (κ3) is 3.54. The van der Waals surface area contributed by atoms with E-state index in [2.05, 4.69) is 6.92 Å². The van der Waals surface area contributed by atoms with E-state index in [0.29, 0.717) is 11.5 Å². The Hall–Kier alpha value is -2.14. The molecule has 0 aliphatic carbocycles. The standard InChI is InChI=1S/C21H25NO3S/c1-4-16(15-9-6-5-7-10-15)20(23)22-13-14-26-21(22)17-11-8-12-18(24-2)19(17)25-3/h5-12,16,21H,4,13-14H2,1-3H3/t16-,21+/m1/s1. The van der Waals surface area contributed by atoms with Gasteiger partial charge in [-0.1, -0.05) is 49.4 Å². The Kier molecular flexibility index (Phi) is 6.09. The molecule has 5 heteroatoms. The SMILES string of the molecule is CC[C@@H](C(=O)N1CCS[C@H]1c1cccc(OC)c1OC)c1ccccc1. The van der Waals surface area contributed by atoms with Crippen molar-refractivity contribution in [3.63, 3.8) is 0 Å². The minimum atomic E-state index is -0.117. The largest absolute Gasteiger partial charge is 0.493 e. The first-order valence-corrected chi connectivity index (χ1v) is 9.94. The van der Waals surface area contributed by atoms with Crippen molar-refractivity contribution in [3.05, 3.63) is 59.7 Å². The van der Waals surface area contributed by atoms with Crippen LogP contribution in [0.15, 0.2) is 48.5 Å². The van der Waals surface area contributed by atoms with Crippen LogP contribution in [0.1, 0.15) is 35.8 Å². The van der Waals surface area contributed by atoms with Crippen molar-refractivity contribution < 1.29 is 14.3 Å². The van der Waals surface area contributed by atoms with Crippen LogP contribution in [0.3, 0.4) is 0 Å². The lowest BCUT2D eigenvalue weighted by Gasteiger charge is -2.29. The number of hydrogen-bond donors (Lipinski definition) is 0. The van der Waals surface area contributed by atoms with E-state index in [1.54, 1.807) is 26.0 Å². The van der Waals surface area contributed by atoms with Gasteiger partial charge in [-0.3, -0.25) is 4.79 Å². The summed E-state index contributed by atoms with van der Waals surface area (Å²) < 4.78 is 11.0. The molecule has 4 nitrogen and oxygen atoms in total. The number of benzene rings is 2. The van der Waals surface area contributed by atoms with Gasteiger partial charge in [-0.15, -0.1) is 11.8 Å². The number of thioether (sulfide) groups is 1. The smallest absolute Gasteiger partial charge is 0.231 e. The van der Waals surface area contributed by atoms with Crippen LogP contribution in [0.25, 0.3) is 0 Å². The molecule has 0 N–H and O–H groups in total. The van der Waals surface area contributed by atoms with Crippen LogP contribution in [0, 0.1) is 0 Å². The topological polar surface area (TPSA) is 38.8 Å².